The molecule has 0 aliphatic carbocycles. The fraction of sp³-hybridized carbons (Fsp3) is 0.357. The summed E-state index contributed by atoms with van der Waals surface area (Å²) in [7, 11) is 2.02. The molecule has 0 spiro atoms. The van der Waals surface area contributed by atoms with Gasteiger partial charge in [-0.2, -0.15) is 0 Å². The highest BCUT2D eigenvalue weighted by Gasteiger charge is 2.33. The number of hydrogen-bond acceptors (Lipinski definition) is 3. The average Bonchev–Trinajstić information content (AvgIpc) is 2.93. The number of aliphatic hydroxyl groups is 1. The van der Waals surface area contributed by atoms with E-state index in [1.54, 1.807) is 16.7 Å². The number of carbonyl (C=O) groups excluding carboxylic acids is 1. The van der Waals surface area contributed by atoms with Gasteiger partial charge in [0.1, 0.15) is 5.37 Å². The van der Waals surface area contributed by atoms with E-state index in [0.29, 0.717) is 12.3 Å². The molecule has 1 aromatic carbocycles. The Kier molecular flexibility index (Phi) is 3.24. The van der Waals surface area contributed by atoms with Crippen molar-refractivity contribution in [1.29, 1.82) is 0 Å². The lowest BCUT2D eigenvalue weighted by Crippen LogP contribution is -2.30. The second-order valence-electron chi connectivity index (χ2n) is 4.69. The van der Waals surface area contributed by atoms with Crippen molar-refractivity contribution in [2.45, 2.75) is 5.37 Å². The third-order valence-corrected chi connectivity index (χ3v) is 4.74. The topological polar surface area (TPSA) is 45.5 Å². The number of amides is 1. The quantitative estimate of drug-likeness (QED) is 0.929. The van der Waals surface area contributed by atoms with Crippen LogP contribution in [0, 0.1) is 0 Å². The molecule has 1 N–H and O–H groups in total. The second-order valence-corrected chi connectivity index (χ2v) is 5.76. The molecule has 1 unspecified atom stereocenters. The summed E-state index contributed by atoms with van der Waals surface area (Å²) in [5.41, 5.74) is 2.32. The van der Waals surface area contributed by atoms with Gasteiger partial charge in [-0.25, -0.2) is 0 Å². The van der Waals surface area contributed by atoms with Gasteiger partial charge in [0.05, 0.1) is 12.4 Å². The lowest BCUT2D eigenvalue weighted by molar-refractivity contribution is -0.128. The molecule has 4 nitrogen and oxygen atoms in total. The Balaban J connectivity index is 2.06. The maximum absolute atomic E-state index is 11.9. The van der Waals surface area contributed by atoms with Gasteiger partial charge in [-0.1, -0.05) is 18.2 Å². The van der Waals surface area contributed by atoms with Crippen LogP contribution in [0.2, 0.25) is 0 Å². The number of nitrogens with zero attached hydrogens (tertiary/aromatic N) is 2. The van der Waals surface area contributed by atoms with Gasteiger partial charge >= 0.3 is 0 Å². The molecule has 100 valence electrons. The van der Waals surface area contributed by atoms with Crippen LogP contribution >= 0.6 is 11.8 Å². The molecular weight excluding hydrogens is 260 g/mol. The molecule has 1 amide bonds. The van der Waals surface area contributed by atoms with Crippen molar-refractivity contribution in [2.24, 2.45) is 7.05 Å². The lowest BCUT2D eigenvalue weighted by Gasteiger charge is -2.22. The first kappa shape index (κ1) is 12.6. The van der Waals surface area contributed by atoms with Gasteiger partial charge in [0.2, 0.25) is 5.91 Å². The molecule has 19 heavy (non-hydrogen) atoms. The van der Waals surface area contributed by atoms with Crippen LogP contribution in [0.5, 0.6) is 0 Å². The van der Waals surface area contributed by atoms with E-state index in [1.165, 1.54) is 10.9 Å². The summed E-state index contributed by atoms with van der Waals surface area (Å²) in [6.07, 6.45) is 2.09. The number of aliphatic hydroxyl groups excluding tert-OH is 1. The summed E-state index contributed by atoms with van der Waals surface area (Å²) in [6.45, 7) is 0.410. The Hall–Kier alpha value is -1.46. The van der Waals surface area contributed by atoms with Gasteiger partial charge in [-0.3, -0.25) is 4.79 Å². The maximum atomic E-state index is 11.9. The van der Waals surface area contributed by atoms with E-state index in [2.05, 4.69) is 22.9 Å². The fourth-order valence-electron chi connectivity index (χ4n) is 2.63. The van der Waals surface area contributed by atoms with Gasteiger partial charge in [0, 0.05) is 36.3 Å². The van der Waals surface area contributed by atoms with Crippen molar-refractivity contribution in [3.8, 4) is 0 Å². The number of aryl methyl sites for hydroxylation is 1. The molecule has 0 radical (unpaired) electrons. The van der Waals surface area contributed by atoms with Gasteiger partial charge in [-0.05, 0) is 6.07 Å². The van der Waals surface area contributed by atoms with Gasteiger partial charge in [-0.15, -0.1) is 11.8 Å². The van der Waals surface area contributed by atoms with Crippen LogP contribution in [0.4, 0.5) is 0 Å². The van der Waals surface area contributed by atoms with Gasteiger partial charge in [0.25, 0.3) is 0 Å². The zero-order chi connectivity index (χ0) is 13.4. The Morgan fingerprint density at radius 3 is 3.00 bits per heavy atom. The van der Waals surface area contributed by atoms with Crippen molar-refractivity contribution in [3.05, 3.63) is 36.0 Å². The van der Waals surface area contributed by atoms with Crippen LogP contribution in [0.25, 0.3) is 10.9 Å². The van der Waals surface area contributed by atoms with Crippen LogP contribution in [-0.2, 0) is 11.8 Å². The van der Waals surface area contributed by atoms with E-state index in [9.17, 15) is 4.79 Å². The zero-order valence-corrected chi connectivity index (χ0v) is 11.6. The summed E-state index contributed by atoms with van der Waals surface area (Å²) in [5.74, 6) is 0.602. The third kappa shape index (κ3) is 2.03. The summed E-state index contributed by atoms with van der Waals surface area (Å²) in [6, 6.07) is 8.20. The molecule has 0 bridgehead atoms. The number of rotatable bonds is 3. The highest BCUT2D eigenvalue weighted by molar-refractivity contribution is 8.00. The minimum atomic E-state index is 0.00751. The van der Waals surface area contributed by atoms with Gasteiger partial charge in [0.15, 0.2) is 0 Å². The normalized spacial score (nSPS) is 19.6. The Morgan fingerprint density at radius 1 is 1.42 bits per heavy atom. The minimum Gasteiger partial charge on any atom is -0.395 e. The summed E-state index contributed by atoms with van der Waals surface area (Å²) in [5, 5.41) is 10.3. The number of thioether (sulfide) groups is 1. The van der Waals surface area contributed by atoms with Crippen molar-refractivity contribution < 1.29 is 9.90 Å². The first-order valence-electron chi connectivity index (χ1n) is 6.28. The molecule has 3 rings (SSSR count). The van der Waals surface area contributed by atoms with E-state index in [1.807, 2.05) is 19.2 Å². The van der Waals surface area contributed by atoms with E-state index in [0.717, 1.165) is 5.56 Å². The Labute approximate surface area is 116 Å². The average molecular weight is 276 g/mol. The van der Waals surface area contributed by atoms with E-state index in [4.69, 9.17) is 5.11 Å². The van der Waals surface area contributed by atoms with E-state index >= 15 is 0 Å². The largest absolute Gasteiger partial charge is 0.395 e. The first-order valence-corrected chi connectivity index (χ1v) is 7.33. The SMILES string of the molecule is Cn1cc(C2SCC(=O)N2CCO)c2ccccc21. The smallest absolute Gasteiger partial charge is 0.233 e. The van der Waals surface area contributed by atoms with Crippen molar-refractivity contribution in [1.82, 2.24) is 9.47 Å². The number of para-hydroxylation sites is 1. The van der Waals surface area contributed by atoms with E-state index in [-0.39, 0.29) is 17.9 Å². The van der Waals surface area contributed by atoms with Crippen molar-refractivity contribution in [2.75, 3.05) is 18.9 Å². The Bertz CT molecular complexity index is 623. The minimum absolute atomic E-state index is 0.00751. The van der Waals surface area contributed by atoms with Crippen LogP contribution in [0.1, 0.15) is 10.9 Å². The van der Waals surface area contributed by atoms with Crippen LogP contribution < -0.4 is 0 Å². The Morgan fingerprint density at radius 2 is 2.21 bits per heavy atom. The molecule has 1 saturated heterocycles. The molecule has 1 aliphatic heterocycles. The summed E-state index contributed by atoms with van der Waals surface area (Å²) >= 11 is 1.63. The molecule has 1 atom stereocenters. The molecule has 1 aliphatic rings. The first-order chi connectivity index (χ1) is 9.22. The number of aromatic nitrogens is 1. The molecule has 5 heteroatoms. The number of carbonyl (C=O) groups is 1. The molecule has 1 aromatic heterocycles. The summed E-state index contributed by atoms with van der Waals surface area (Å²) < 4.78 is 2.09. The standard InChI is InChI=1S/C14H16N2O2S/c1-15-8-11(10-4-2-3-5-12(10)15)14-16(6-7-17)13(18)9-19-14/h2-5,8,14,17H,6-7,9H2,1H3. The predicted octanol–water partition coefficient (Wildman–Crippen LogP) is 1.74. The van der Waals surface area contributed by atoms with E-state index < -0.39 is 0 Å². The van der Waals surface area contributed by atoms with Crippen molar-refractivity contribution >= 4 is 28.6 Å². The van der Waals surface area contributed by atoms with Crippen LogP contribution in [-0.4, -0.2) is 39.4 Å². The molecule has 2 aromatic rings. The molecular formula is C14H16N2O2S. The number of benzene rings is 1. The van der Waals surface area contributed by atoms with Crippen LogP contribution in [0.15, 0.2) is 30.5 Å². The third-order valence-electron chi connectivity index (χ3n) is 3.50. The second kappa shape index (κ2) is 4.90. The number of fused-ring (bicyclic) bond motifs is 1. The van der Waals surface area contributed by atoms with Crippen molar-refractivity contribution in [3.63, 3.8) is 0 Å². The van der Waals surface area contributed by atoms with Crippen LogP contribution in [0.3, 0.4) is 0 Å². The number of β-amino-alcohol motifs (C(OH)–C–C–N with tert-alkyl or cyclic N) is 1. The highest BCUT2D eigenvalue weighted by atomic mass is 32.2. The maximum Gasteiger partial charge on any atom is 0.233 e. The lowest BCUT2D eigenvalue weighted by atomic mass is 10.1. The highest BCUT2D eigenvalue weighted by Crippen LogP contribution is 2.41. The molecule has 1 fully saturated rings. The van der Waals surface area contributed by atoms with Gasteiger partial charge < -0.3 is 14.6 Å². The molecule has 0 saturated carbocycles. The number of hydrogen-bond donors (Lipinski definition) is 1. The molecule has 2 heterocycles. The zero-order valence-electron chi connectivity index (χ0n) is 10.7. The summed E-state index contributed by atoms with van der Waals surface area (Å²) in [4.78, 5) is 13.6. The monoisotopic (exact) mass is 276 g/mol. The fourth-order valence-corrected chi connectivity index (χ4v) is 3.87. The predicted molar refractivity (Wildman–Crippen MR) is 76.9 cm³/mol.